The maximum absolute atomic E-state index is 12.2. The Bertz CT molecular complexity index is 1140. The number of hydrogen-bond donors (Lipinski definition) is 2. The minimum absolute atomic E-state index is 0.0290. The number of aryl methyl sites for hydroxylation is 1. The average Bonchev–Trinajstić information content (AvgIpc) is 3.74. The summed E-state index contributed by atoms with van der Waals surface area (Å²) in [5, 5.41) is 6.43. The number of aromatic amines is 1. The molecule has 1 amide bonds. The van der Waals surface area contributed by atoms with E-state index in [0.29, 0.717) is 23.5 Å². The number of benzene rings is 2. The van der Waals surface area contributed by atoms with E-state index in [0.717, 1.165) is 42.8 Å². The van der Waals surface area contributed by atoms with E-state index in [4.69, 9.17) is 12.2 Å². The Morgan fingerprint density at radius 3 is 2.41 bits per heavy atom. The summed E-state index contributed by atoms with van der Waals surface area (Å²) in [4.78, 5) is 19.2. The first-order valence-corrected chi connectivity index (χ1v) is 11.9. The number of H-pyrrole nitrogens is 1. The van der Waals surface area contributed by atoms with E-state index < -0.39 is 0 Å². The highest BCUT2D eigenvalue weighted by Crippen LogP contribution is 2.29. The van der Waals surface area contributed by atoms with E-state index in [1.165, 1.54) is 24.0 Å². The molecule has 0 radical (unpaired) electrons. The van der Waals surface area contributed by atoms with Crippen molar-refractivity contribution >= 4 is 18.1 Å². The average molecular weight is 448 g/mol. The van der Waals surface area contributed by atoms with E-state index in [1.807, 2.05) is 16.8 Å². The van der Waals surface area contributed by atoms with Crippen molar-refractivity contribution in [3.8, 4) is 11.4 Å². The predicted octanol–water partition coefficient (Wildman–Crippen LogP) is 4.68. The molecule has 2 N–H and O–H groups in total. The Labute approximate surface area is 193 Å². The molecule has 5 rings (SSSR count). The Balaban J connectivity index is 1.27. The maximum Gasteiger partial charge on any atom is 0.251 e. The molecule has 6 nitrogen and oxygen atoms in total. The molecule has 2 fully saturated rings. The lowest BCUT2D eigenvalue weighted by molar-refractivity contribution is 0.0951. The fourth-order valence-electron chi connectivity index (χ4n) is 3.89. The van der Waals surface area contributed by atoms with Gasteiger partial charge in [0.05, 0.1) is 6.67 Å². The summed E-state index contributed by atoms with van der Waals surface area (Å²) in [6, 6.07) is 17.4. The quantitative estimate of drug-likeness (QED) is 0.467. The zero-order valence-corrected chi connectivity index (χ0v) is 19.2. The first-order chi connectivity index (χ1) is 15.6. The Morgan fingerprint density at radius 2 is 1.78 bits per heavy atom. The van der Waals surface area contributed by atoms with Gasteiger partial charge in [0.1, 0.15) is 0 Å². The molecule has 7 heteroatoms. The minimum Gasteiger partial charge on any atom is -0.349 e. The molecule has 2 aliphatic rings. The molecule has 0 spiro atoms. The number of nitrogens with one attached hydrogen (secondary N) is 2. The van der Waals surface area contributed by atoms with Gasteiger partial charge in [-0.05, 0) is 67.6 Å². The molecule has 0 aliphatic heterocycles. The van der Waals surface area contributed by atoms with Crippen LogP contribution in [0.15, 0.2) is 48.5 Å². The fraction of sp³-hybridized carbons (Fsp3) is 0.400. The van der Waals surface area contributed by atoms with Crippen molar-refractivity contribution in [1.29, 1.82) is 0 Å². The summed E-state index contributed by atoms with van der Waals surface area (Å²) in [6.07, 6.45) is 5.63. The standard InChI is InChI=1S/C25H29N5OS/c1-2-17-3-7-19(8-4-17)23-27-25(32)30(28-23)16-29(22-13-14-22)15-18-5-9-20(10-6-18)24(31)26-21-11-12-21/h3-10,21-22H,2,11-16H2,1H3,(H,26,31)(H,27,28,32). The largest absolute Gasteiger partial charge is 0.349 e. The molecule has 0 bridgehead atoms. The summed E-state index contributed by atoms with van der Waals surface area (Å²) in [6.45, 7) is 3.64. The van der Waals surface area contributed by atoms with Crippen LogP contribution in [-0.2, 0) is 19.6 Å². The highest BCUT2D eigenvalue weighted by molar-refractivity contribution is 7.71. The van der Waals surface area contributed by atoms with Crippen molar-refractivity contribution in [2.45, 2.75) is 64.3 Å². The third-order valence-electron chi connectivity index (χ3n) is 6.22. The summed E-state index contributed by atoms with van der Waals surface area (Å²) in [5.41, 5.74) is 4.28. The SMILES string of the molecule is CCc1ccc(-c2nc(=S)n(CN(Cc3ccc(C(=O)NC4CC4)cc3)C3CC3)[nH]2)cc1. The second-order valence-electron chi connectivity index (χ2n) is 8.90. The third kappa shape index (κ3) is 5.00. The van der Waals surface area contributed by atoms with Crippen LogP contribution in [0.1, 0.15) is 54.1 Å². The molecule has 2 saturated carbocycles. The zero-order valence-electron chi connectivity index (χ0n) is 18.4. The Kier molecular flexibility index (Phi) is 5.93. The molecule has 0 atom stereocenters. The number of rotatable bonds is 9. The number of nitrogens with zero attached hydrogens (tertiary/aromatic N) is 3. The molecule has 32 heavy (non-hydrogen) atoms. The van der Waals surface area contributed by atoms with E-state index >= 15 is 0 Å². The molecule has 3 aromatic rings. The predicted molar refractivity (Wildman–Crippen MR) is 128 cm³/mol. The number of carbonyl (C=O) groups excluding carboxylic acids is 1. The Hall–Kier alpha value is -2.77. The van der Waals surface area contributed by atoms with Crippen molar-refractivity contribution in [2.24, 2.45) is 0 Å². The van der Waals surface area contributed by atoms with Gasteiger partial charge >= 0.3 is 0 Å². The maximum atomic E-state index is 12.2. The zero-order chi connectivity index (χ0) is 22.1. The molecular formula is C25H29N5OS. The van der Waals surface area contributed by atoms with Crippen LogP contribution < -0.4 is 5.32 Å². The molecule has 2 aliphatic carbocycles. The van der Waals surface area contributed by atoms with Crippen LogP contribution in [-0.4, -0.2) is 37.7 Å². The molecule has 1 heterocycles. The topological polar surface area (TPSA) is 66.0 Å². The first-order valence-electron chi connectivity index (χ1n) is 11.5. The normalized spacial score (nSPS) is 15.8. The van der Waals surface area contributed by atoms with Gasteiger partial charge in [-0.25, -0.2) is 4.68 Å². The number of amides is 1. The van der Waals surface area contributed by atoms with Crippen molar-refractivity contribution in [1.82, 2.24) is 25.0 Å². The van der Waals surface area contributed by atoms with Crippen LogP contribution in [0.4, 0.5) is 0 Å². The lowest BCUT2D eigenvalue weighted by Crippen LogP contribution is -2.29. The van der Waals surface area contributed by atoms with E-state index in [2.05, 4.69) is 63.6 Å². The van der Waals surface area contributed by atoms with Gasteiger partial charge in [-0.15, -0.1) is 0 Å². The van der Waals surface area contributed by atoms with E-state index in [9.17, 15) is 4.79 Å². The fourth-order valence-corrected chi connectivity index (χ4v) is 4.08. The minimum atomic E-state index is 0.0290. The molecule has 0 saturated heterocycles. The molecular weight excluding hydrogens is 418 g/mol. The number of aromatic nitrogens is 3. The number of hydrogen-bond acceptors (Lipinski definition) is 4. The summed E-state index contributed by atoms with van der Waals surface area (Å²) < 4.78 is 2.52. The molecule has 0 unspecified atom stereocenters. The van der Waals surface area contributed by atoms with Gasteiger partial charge in [0.15, 0.2) is 5.82 Å². The van der Waals surface area contributed by atoms with Crippen LogP contribution in [0.5, 0.6) is 0 Å². The van der Waals surface area contributed by atoms with Crippen molar-refractivity contribution in [3.63, 3.8) is 0 Å². The van der Waals surface area contributed by atoms with Crippen LogP contribution >= 0.6 is 12.2 Å². The monoisotopic (exact) mass is 447 g/mol. The van der Waals surface area contributed by atoms with E-state index in [1.54, 1.807) is 0 Å². The third-order valence-corrected chi connectivity index (χ3v) is 6.53. The molecule has 2 aromatic carbocycles. The highest BCUT2D eigenvalue weighted by atomic mass is 32.1. The lowest BCUT2D eigenvalue weighted by atomic mass is 10.1. The van der Waals surface area contributed by atoms with Crippen LogP contribution in [0, 0.1) is 4.77 Å². The smallest absolute Gasteiger partial charge is 0.251 e. The number of carbonyl (C=O) groups is 1. The van der Waals surface area contributed by atoms with Gasteiger partial charge in [-0.3, -0.25) is 14.8 Å². The lowest BCUT2D eigenvalue weighted by Gasteiger charge is -2.22. The van der Waals surface area contributed by atoms with Crippen molar-refractivity contribution in [2.75, 3.05) is 0 Å². The van der Waals surface area contributed by atoms with Gasteiger partial charge < -0.3 is 5.32 Å². The van der Waals surface area contributed by atoms with Crippen LogP contribution in [0.25, 0.3) is 11.4 Å². The summed E-state index contributed by atoms with van der Waals surface area (Å²) in [7, 11) is 0. The Morgan fingerprint density at radius 1 is 1.09 bits per heavy atom. The van der Waals surface area contributed by atoms with Gasteiger partial charge in [0.2, 0.25) is 4.77 Å². The molecule has 166 valence electrons. The van der Waals surface area contributed by atoms with E-state index in [-0.39, 0.29) is 5.91 Å². The second-order valence-corrected chi connectivity index (χ2v) is 9.26. The second kappa shape index (κ2) is 9.00. The highest BCUT2D eigenvalue weighted by Gasteiger charge is 2.29. The molecule has 1 aromatic heterocycles. The van der Waals surface area contributed by atoms with Gasteiger partial charge in [-0.2, -0.15) is 4.98 Å². The first kappa shape index (κ1) is 21.1. The van der Waals surface area contributed by atoms with Crippen molar-refractivity contribution < 1.29 is 4.79 Å². The van der Waals surface area contributed by atoms with Crippen LogP contribution in [0.2, 0.25) is 0 Å². The summed E-state index contributed by atoms with van der Waals surface area (Å²) >= 11 is 5.55. The van der Waals surface area contributed by atoms with Gasteiger partial charge in [0.25, 0.3) is 5.91 Å². The van der Waals surface area contributed by atoms with Crippen molar-refractivity contribution in [3.05, 3.63) is 70.0 Å². The van der Waals surface area contributed by atoms with Gasteiger partial charge in [-0.1, -0.05) is 43.3 Å². The van der Waals surface area contributed by atoms with Gasteiger partial charge in [0, 0.05) is 29.8 Å². The van der Waals surface area contributed by atoms with Crippen LogP contribution in [0.3, 0.4) is 0 Å². The summed E-state index contributed by atoms with van der Waals surface area (Å²) in [5.74, 6) is 0.834.